The smallest absolute Gasteiger partial charge is 0.363 e. The van der Waals surface area contributed by atoms with Crippen molar-refractivity contribution in [2.75, 3.05) is 0 Å². The fourth-order valence-electron chi connectivity index (χ4n) is 2.23. The van der Waals surface area contributed by atoms with Gasteiger partial charge in [-0.15, -0.1) is 0 Å². The van der Waals surface area contributed by atoms with Gasteiger partial charge in [-0.2, -0.15) is 0 Å². The van der Waals surface area contributed by atoms with E-state index in [1.165, 1.54) is 0 Å². The second kappa shape index (κ2) is 8.38. The van der Waals surface area contributed by atoms with Crippen molar-refractivity contribution < 1.29 is 24.5 Å². The Morgan fingerprint density at radius 3 is 2.27 bits per heavy atom. The van der Waals surface area contributed by atoms with Crippen LogP contribution in [0.25, 0.3) is 0 Å². The first-order chi connectivity index (χ1) is 10.4. The van der Waals surface area contributed by atoms with E-state index < -0.39 is 23.7 Å². The van der Waals surface area contributed by atoms with Crippen molar-refractivity contribution in [1.82, 2.24) is 5.32 Å². The van der Waals surface area contributed by atoms with Crippen LogP contribution in [-0.4, -0.2) is 33.9 Å². The minimum absolute atomic E-state index is 0.157. The zero-order chi connectivity index (χ0) is 16.6. The Balaban J connectivity index is 3.08. The fraction of sp³-hybridized carbons (Fsp3) is 0.500. The first-order valence-corrected chi connectivity index (χ1v) is 7.43. The van der Waals surface area contributed by atoms with Gasteiger partial charge in [0, 0.05) is 6.42 Å². The van der Waals surface area contributed by atoms with Crippen LogP contribution in [0.1, 0.15) is 39.5 Å². The summed E-state index contributed by atoms with van der Waals surface area (Å²) in [4.78, 5) is 23.1. The van der Waals surface area contributed by atoms with E-state index in [0.717, 1.165) is 0 Å². The Bertz CT molecular complexity index is 491. The summed E-state index contributed by atoms with van der Waals surface area (Å²) in [5.41, 5.74) is -1.76. The molecule has 0 bridgehead atoms. The molecule has 1 rings (SSSR count). The number of rotatable bonds is 10. The first kappa shape index (κ1) is 18.0. The first-order valence-electron chi connectivity index (χ1n) is 7.43. The van der Waals surface area contributed by atoms with Crippen LogP contribution in [0.5, 0.6) is 5.75 Å². The topological polar surface area (TPSA) is 95.9 Å². The van der Waals surface area contributed by atoms with Crippen molar-refractivity contribution in [2.45, 2.75) is 51.3 Å². The Morgan fingerprint density at radius 1 is 1.18 bits per heavy atom. The third-order valence-electron chi connectivity index (χ3n) is 3.27. The number of hydrogen-bond acceptors (Lipinski definition) is 4. The molecule has 6 nitrogen and oxygen atoms in total. The van der Waals surface area contributed by atoms with Gasteiger partial charge in [0.1, 0.15) is 11.8 Å². The van der Waals surface area contributed by atoms with Gasteiger partial charge in [0.25, 0.3) is 5.72 Å². The summed E-state index contributed by atoms with van der Waals surface area (Å²) in [6.07, 6.45) is 1.64. The van der Waals surface area contributed by atoms with E-state index in [1.54, 1.807) is 30.3 Å². The molecule has 0 heterocycles. The van der Waals surface area contributed by atoms with Crippen LogP contribution in [0.2, 0.25) is 0 Å². The van der Waals surface area contributed by atoms with Crippen LogP contribution in [0.15, 0.2) is 30.3 Å². The van der Waals surface area contributed by atoms with Crippen LogP contribution in [0.4, 0.5) is 0 Å². The lowest BCUT2D eigenvalue weighted by molar-refractivity contribution is -0.162. The summed E-state index contributed by atoms with van der Waals surface area (Å²) in [6, 6.07) is 7.56. The molecule has 0 aromatic heterocycles. The maximum atomic E-state index is 11.8. The number of aliphatic carboxylic acids is 2. The van der Waals surface area contributed by atoms with Crippen molar-refractivity contribution in [3.05, 3.63) is 30.3 Å². The number of hydrogen-bond donors (Lipinski definition) is 3. The fourth-order valence-corrected chi connectivity index (χ4v) is 2.23. The van der Waals surface area contributed by atoms with Gasteiger partial charge >= 0.3 is 11.9 Å². The van der Waals surface area contributed by atoms with Gasteiger partial charge in [0.15, 0.2) is 0 Å². The predicted molar refractivity (Wildman–Crippen MR) is 81.8 cm³/mol. The maximum Gasteiger partial charge on any atom is 0.363 e. The Kier molecular flexibility index (Phi) is 6.85. The molecule has 0 spiro atoms. The summed E-state index contributed by atoms with van der Waals surface area (Å²) in [6.45, 7) is 3.67. The molecule has 3 N–H and O–H groups in total. The van der Waals surface area contributed by atoms with Gasteiger partial charge in [-0.1, -0.05) is 44.9 Å². The van der Waals surface area contributed by atoms with E-state index in [1.807, 2.05) is 13.8 Å². The molecular formula is C16H23NO5. The minimum atomic E-state index is -1.76. The lowest BCUT2D eigenvalue weighted by Crippen LogP contribution is -2.61. The quantitative estimate of drug-likeness (QED) is 0.575. The molecule has 0 radical (unpaired) electrons. The molecule has 0 aliphatic heterocycles. The Labute approximate surface area is 130 Å². The summed E-state index contributed by atoms with van der Waals surface area (Å²) >= 11 is 0. The zero-order valence-electron chi connectivity index (χ0n) is 12.9. The van der Waals surface area contributed by atoms with E-state index >= 15 is 0 Å². The highest BCUT2D eigenvalue weighted by atomic mass is 16.5. The van der Waals surface area contributed by atoms with E-state index in [9.17, 15) is 19.8 Å². The van der Waals surface area contributed by atoms with Crippen LogP contribution < -0.4 is 10.1 Å². The van der Waals surface area contributed by atoms with E-state index in [-0.39, 0.29) is 6.42 Å². The lowest BCUT2D eigenvalue weighted by atomic mass is 10.0. The predicted octanol–water partition coefficient (Wildman–Crippen LogP) is 2.49. The maximum absolute atomic E-state index is 11.8. The highest BCUT2D eigenvalue weighted by Crippen LogP contribution is 2.22. The van der Waals surface area contributed by atoms with Gasteiger partial charge in [-0.25, -0.2) is 4.79 Å². The molecular weight excluding hydrogens is 286 g/mol. The molecule has 122 valence electrons. The molecule has 0 saturated carbocycles. The molecule has 0 saturated heterocycles. The van der Waals surface area contributed by atoms with E-state index in [2.05, 4.69) is 5.32 Å². The van der Waals surface area contributed by atoms with Crippen molar-refractivity contribution in [1.29, 1.82) is 0 Å². The third kappa shape index (κ3) is 4.73. The van der Waals surface area contributed by atoms with Gasteiger partial charge in [-0.05, 0) is 18.6 Å². The zero-order valence-corrected chi connectivity index (χ0v) is 12.9. The van der Waals surface area contributed by atoms with Gasteiger partial charge in [-0.3, -0.25) is 10.1 Å². The Hall–Kier alpha value is -2.08. The highest BCUT2D eigenvalue weighted by Gasteiger charge is 2.43. The van der Waals surface area contributed by atoms with Gasteiger partial charge in [0.05, 0.1) is 0 Å². The van der Waals surface area contributed by atoms with Crippen molar-refractivity contribution in [3.8, 4) is 5.75 Å². The number of carbonyl (C=O) groups is 2. The average Bonchev–Trinajstić information content (AvgIpc) is 2.47. The van der Waals surface area contributed by atoms with Gasteiger partial charge in [0.2, 0.25) is 0 Å². The van der Waals surface area contributed by atoms with Crippen molar-refractivity contribution in [3.63, 3.8) is 0 Å². The average molecular weight is 309 g/mol. The summed E-state index contributed by atoms with van der Waals surface area (Å²) in [5.74, 6) is -1.92. The molecule has 2 unspecified atom stereocenters. The van der Waals surface area contributed by atoms with Crippen molar-refractivity contribution >= 4 is 11.9 Å². The van der Waals surface area contributed by atoms with E-state index in [0.29, 0.717) is 25.0 Å². The second-order valence-electron chi connectivity index (χ2n) is 5.12. The molecule has 0 amide bonds. The Morgan fingerprint density at radius 2 is 1.82 bits per heavy atom. The molecule has 0 aliphatic rings. The number of para-hydroxylation sites is 1. The van der Waals surface area contributed by atoms with Crippen LogP contribution in [-0.2, 0) is 9.59 Å². The van der Waals surface area contributed by atoms with Crippen LogP contribution in [0, 0.1) is 0 Å². The molecule has 2 atom stereocenters. The second-order valence-corrected chi connectivity index (χ2v) is 5.12. The van der Waals surface area contributed by atoms with Crippen LogP contribution >= 0.6 is 0 Å². The SMILES string of the molecule is CCCC(NC(CCC)(Oc1ccccc1)C(=O)O)C(=O)O. The monoisotopic (exact) mass is 309 g/mol. The largest absolute Gasteiger partial charge is 0.480 e. The van der Waals surface area contributed by atoms with Crippen molar-refractivity contribution in [2.24, 2.45) is 0 Å². The van der Waals surface area contributed by atoms with Crippen LogP contribution in [0.3, 0.4) is 0 Å². The molecule has 0 aliphatic carbocycles. The number of carboxylic acid groups (broad SMARTS) is 2. The number of nitrogens with one attached hydrogen (secondary N) is 1. The standard InChI is InChI=1S/C16H23NO5/c1-3-8-13(14(18)19)17-16(11-4-2,15(20)21)22-12-9-6-5-7-10-12/h5-7,9-10,13,17H,3-4,8,11H2,1-2H3,(H,18,19)(H,20,21). The lowest BCUT2D eigenvalue weighted by Gasteiger charge is -2.33. The molecule has 0 fully saturated rings. The molecule has 6 heteroatoms. The highest BCUT2D eigenvalue weighted by molar-refractivity contribution is 5.80. The number of benzene rings is 1. The minimum Gasteiger partial charge on any atom is -0.480 e. The third-order valence-corrected chi connectivity index (χ3v) is 3.27. The van der Waals surface area contributed by atoms with Gasteiger partial charge < -0.3 is 14.9 Å². The number of carboxylic acids is 2. The normalized spacial score (nSPS) is 14.8. The van der Waals surface area contributed by atoms with E-state index in [4.69, 9.17) is 4.74 Å². The summed E-state index contributed by atoms with van der Waals surface area (Å²) in [5, 5.41) is 21.6. The molecule has 1 aromatic rings. The summed E-state index contributed by atoms with van der Waals surface area (Å²) in [7, 11) is 0. The summed E-state index contributed by atoms with van der Waals surface area (Å²) < 4.78 is 5.66. The molecule has 22 heavy (non-hydrogen) atoms. The number of ether oxygens (including phenoxy) is 1. The molecule has 1 aromatic carbocycles.